The van der Waals surface area contributed by atoms with Crippen molar-refractivity contribution in [2.45, 2.75) is 40.5 Å². The molecular formula is C18H21NO2S. The molecule has 4 heteroatoms. The first kappa shape index (κ1) is 16.4. The third kappa shape index (κ3) is 4.04. The summed E-state index contributed by atoms with van der Waals surface area (Å²) in [5, 5.41) is 2.89. The highest BCUT2D eigenvalue weighted by molar-refractivity contribution is 7.12. The van der Waals surface area contributed by atoms with E-state index in [1.54, 1.807) is 11.3 Å². The lowest BCUT2D eigenvalue weighted by molar-refractivity contribution is -0.116. The highest BCUT2D eigenvalue weighted by atomic mass is 32.1. The molecule has 1 amide bonds. The number of hydrogen-bond donors (Lipinski definition) is 1. The third-order valence-corrected chi connectivity index (χ3v) is 4.55. The molecule has 116 valence electrons. The van der Waals surface area contributed by atoms with Gasteiger partial charge in [0.2, 0.25) is 5.91 Å². The van der Waals surface area contributed by atoms with Crippen molar-refractivity contribution < 1.29 is 9.59 Å². The Balaban J connectivity index is 1.94. The minimum absolute atomic E-state index is 0.0398. The first-order valence-electron chi connectivity index (χ1n) is 7.34. The summed E-state index contributed by atoms with van der Waals surface area (Å²) in [6.07, 6.45) is 0.453. The van der Waals surface area contributed by atoms with Crippen LogP contribution in [-0.4, -0.2) is 11.7 Å². The molecule has 2 aromatic rings. The van der Waals surface area contributed by atoms with Gasteiger partial charge in [-0.2, -0.15) is 0 Å². The zero-order valence-corrected chi connectivity index (χ0v) is 14.3. The smallest absolute Gasteiger partial charge is 0.224 e. The van der Waals surface area contributed by atoms with Crippen LogP contribution < -0.4 is 5.32 Å². The predicted octanol–water partition coefficient (Wildman–Crippen LogP) is 4.58. The number of thiophene rings is 1. The second kappa shape index (κ2) is 6.88. The Labute approximate surface area is 135 Å². The van der Waals surface area contributed by atoms with Crippen LogP contribution in [0.15, 0.2) is 24.3 Å². The maximum Gasteiger partial charge on any atom is 0.224 e. The van der Waals surface area contributed by atoms with Crippen LogP contribution in [0.2, 0.25) is 0 Å². The molecule has 0 unspecified atom stereocenters. The quantitative estimate of drug-likeness (QED) is 0.821. The van der Waals surface area contributed by atoms with Crippen molar-refractivity contribution in [1.29, 1.82) is 0 Å². The molecule has 3 nitrogen and oxygen atoms in total. The summed E-state index contributed by atoms with van der Waals surface area (Å²) in [7, 11) is 0. The van der Waals surface area contributed by atoms with Gasteiger partial charge in [0.25, 0.3) is 0 Å². The van der Waals surface area contributed by atoms with Gasteiger partial charge in [-0.25, -0.2) is 0 Å². The van der Waals surface area contributed by atoms with Crippen molar-refractivity contribution >= 4 is 28.7 Å². The van der Waals surface area contributed by atoms with Crippen LogP contribution in [0.25, 0.3) is 0 Å². The predicted molar refractivity (Wildman–Crippen MR) is 91.9 cm³/mol. The lowest BCUT2D eigenvalue weighted by Crippen LogP contribution is -2.14. The van der Waals surface area contributed by atoms with Gasteiger partial charge in [-0.3, -0.25) is 9.59 Å². The van der Waals surface area contributed by atoms with Gasteiger partial charge in [-0.1, -0.05) is 12.1 Å². The van der Waals surface area contributed by atoms with Crippen LogP contribution >= 0.6 is 11.3 Å². The minimum Gasteiger partial charge on any atom is -0.326 e. The molecule has 22 heavy (non-hydrogen) atoms. The summed E-state index contributed by atoms with van der Waals surface area (Å²) in [6.45, 7) is 7.88. The van der Waals surface area contributed by atoms with Crippen LogP contribution in [0, 0.1) is 27.7 Å². The summed E-state index contributed by atoms with van der Waals surface area (Å²) >= 11 is 1.62. The standard InChI is InChI=1S/C18H21NO2S/c1-11-5-6-12(2)16(9-11)19-18(21)8-7-17(20)15-10-13(3)22-14(15)4/h5-6,9-10H,7-8H2,1-4H3,(H,19,21). The number of carbonyl (C=O) groups is 2. The van der Waals surface area contributed by atoms with Crippen LogP contribution in [-0.2, 0) is 4.79 Å². The summed E-state index contributed by atoms with van der Waals surface area (Å²) in [6, 6.07) is 7.84. The van der Waals surface area contributed by atoms with E-state index in [-0.39, 0.29) is 24.5 Å². The zero-order valence-electron chi connectivity index (χ0n) is 13.4. The van der Waals surface area contributed by atoms with Gasteiger partial charge in [0.05, 0.1) is 0 Å². The van der Waals surface area contributed by atoms with Gasteiger partial charge in [-0.15, -0.1) is 11.3 Å². The van der Waals surface area contributed by atoms with Crippen LogP contribution in [0.4, 0.5) is 5.69 Å². The Morgan fingerprint density at radius 1 is 1.05 bits per heavy atom. The monoisotopic (exact) mass is 315 g/mol. The fourth-order valence-electron chi connectivity index (χ4n) is 2.35. The molecule has 0 atom stereocenters. The number of benzene rings is 1. The summed E-state index contributed by atoms with van der Waals surface area (Å²) in [5.41, 5.74) is 3.69. The van der Waals surface area contributed by atoms with E-state index >= 15 is 0 Å². The molecule has 1 aromatic heterocycles. The second-order valence-corrected chi connectivity index (χ2v) is 7.08. The molecule has 0 bridgehead atoms. The lowest BCUT2D eigenvalue weighted by atomic mass is 10.1. The van der Waals surface area contributed by atoms with E-state index in [2.05, 4.69) is 5.32 Å². The van der Waals surface area contributed by atoms with Gasteiger partial charge in [-0.05, 0) is 51.0 Å². The lowest BCUT2D eigenvalue weighted by Gasteiger charge is -2.09. The Kier molecular flexibility index (Phi) is 5.14. The molecule has 2 rings (SSSR count). The molecule has 0 aliphatic rings. The molecule has 0 aliphatic carbocycles. The van der Waals surface area contributed by atoms with Crippen molar-refractivity contribution in [3.63, 3.8) is 0 Å². The summed E-state index contributed by atoms with van der Waals surface area (Å²) < 4.78 is 0. The fraction of sp³-hybridized carbons (Fsp3) is 0.333. The molecule has 0 saturated carbocycles. The topological polar surface area (TPSA) is 46.2 Å². The van der Waals surface area contributed by atoms with E-state index in [9.17, 15) is 9.59 Å². The average molecular weight is 315 g/mol. The zero-order chi connectivity index (χ0) is 16.3. The largest absolute Gasteiger partial charge is 0.326 e. The molecule has 1 aromatic carbocycles. The number of anilines is 1. The molecule has 1 N–H and O–H groups in total. The maximum absolute atomic E-state index is 12.2. The van der Waals surface area contributed by atoms with Crippen LogP contribution in [0.5, 0.6) is 0 Å². The van der Waals surface area contributed by atoms with Gasteiger partial charge in [0.15, 0.2) is 5.78 Å². The molecule has 0 spiro atoms. The van der Waals surface area contributed by atoms with Gasteiger partial charge >= 0.3 is 0 Å². The van der Waals surface area contributed by atoms with E-state index < -0.39 is 0 Å². The number of hydrogen-bond acceptors (Lipinski definition) is 3. The number of amides is 1. The Hall–Kier alpha value is -1.94. The van der Waals surface area contributed by atoms with Crippen LogP contribution in [0.1, 0.15) is 44.1 Å². The third-order valence-electron chi connectivity index (χ3n) is 3.59. The van der Waals surface area contributed by atoms with Crippen molar-refractivity contribution in [1.82, 2.24) is 0 Å². The van der Waals surface area contributed by atoms with Gasteiger partial charge in [0, 0.05) is 33.8 Å². The van der Waals surface area contributed by atoms with E-state index in [0.717, 1.165) is 32.1 Å². The number of aryl methyl sites for hydroxylation is 4. The number of rotatable bonds is 5. The van der Waals surface area contributed by atoms with Gasteiger partial charge < -0.3 is 5.32 Å². The van der Waals surface area contributed by atoms with Gasteiger partial charge in [0.1, 0.15) is 0 Å². The Morgan fingerprint density at radius 3 is 2.41 bits per heavy atom. The highest BCUT2D eigenvalue weighted by Crippen LogP contribution is 2.22. The first-order valence-corrected chi connectivity index (χ1v) is 8.16. The van der Waals surface area contributed by atoms with E-state index in [1.807, 2.05) is 52.0 Å². The summed E-state index contributed by atoms with van der Waals surface area (Å²) in [4.78, 5) is 26.4. The number of ketones is 1. The van der Waals surface area contributed by atoms with Crippen molar-refractivity contribution in [3.05, 3.63) is 50.7 Å². The van der Waals surface area contributed by atoms with Crippen molar-refractivity contribution in [2.75, 3.05) is 5.32 Å². The summed E-state index contributed by atoms with van der Waals surface area (Å²) in [5.74, 6) is -0.0791. The average Bonchev–Trinajstić information content (AvgIpc) is 2.79. The number of nitrogens with one attached hydrogen (secondary N) is 1. The van der Waals surface area contributed by atoms with E-state index in [1.165, 1.54) is 0 Å². The Morgan fingerprint density at radius 2 is 1.77 bits per heavy atom. The van der Waals surface area contributed by atoms with Crippen molar-refractivity contribution in [2.24, 2.45) is 0 Å². The number of Topliss-reactive ketones (excluding diaryl/α,β-unsaturated/α-hetero) is 1. The normalized spacial score (nSPS) is 10.5. The van der Waals surface area contributed by atoms with Crippen LogP contribution in [0.3, 0.4) is 0 Å². The Bertz CT molecular complexity index is 716. The van der Waals surface area contributed by atoms with Crippen molar-refractivity contribution in [3.8, 4) is 0 Å². The molecule has 0 saturated heterocycles. The molecule has 1 heterocycles. The minimum atomic E-state index is -0.119. The molecule has 0 fully saturated rings. The maximum atomic E-state index is 12.2. The van der Waals surface area contributed by atoms with E-state index in [4.69, 9.17) is 0 Å². The molecular weight excluding hydrogens is 294 g/mol. The fourth-order valence-corrected chi connectivity index (χ4v) is 3.30. The number of carbonyl (C=O) groups excluding carboxylic acids is 2. The SMILES string of the molecule is Cc1ccc(C)c(NC(=O)CCC(=O)c2cc(C)sc2C)c1. The molecule has 0 aliphatic heterocycles. The second-order valence-electron chi connectivity index (χ2n) is 5.62. The van der Waals surface area contributed by atoms with E-state index in [0.29, 0.717) is 0 Å². The highest BCUT2D eigenvalue weighted by Gasteiger charge is 2.14. The first-order chi connectivity index (χ1) is 10.4. The molecule has 0 radical (unpaired) electrons.